The minimum absolute atomic E-state index is 0.466. The normalized spacial score (nSPS) is 10.3. The van der Waals surface area contributed by atoms with Crippen LogP contribution >= 0.6 is 0 Å². The van der Waals surface area contributed by atoms with E-state index < -0.39 is 7.12 Å². The largest absolute Gasteiger partial charge is 0.489 e. The van der Waals surface area contributed by atoms with Gasteiger partial charge in [-0.1, -0.05) is 43.3 Å². The zero-order valence-electron chi connectivity index (χ0n) is 10.9. The van der Waals surface area contributed by atoms with E-state index in [4.69, 9.17) is 14.8 Å². The molecule has 19 heavy (non-hydrogen) atoms. The van der Waals surface area contributed by atoms with Gasteiger partial charge < -0.3 is 14.8 Å². The third-order valence-electron chi connectivity index (χ3n) is 3.01. The Morgan fingerprint density at radius 2 is 1.47 bits per heavy atom. The van der Waals surface area contributed by atoms with Gasteiger partial charge in [-0.3, -0.25) is 0 Å². The summed E-state index contributed by atoms with van der Waals surface area (Å²) >= 11 is 0. The molecule has 0 aliphatic heterocycles. The summed E-state index contributed by atoms with van der Waals surface area (Å²) in [7, 11) is -1.42. The summed E-state index contributed by atoms with van der Waals surface area (Å²) in [6, 6.07) is 15.1. The van der Waals surface area contributed by atoms with Crippen molar-refractivity contribution in [2.75, 3.05) is 0 Å². The van der Waals surface area contributed by atoms with Gasteiger partial charge in [-0.2, -0.15) is 0 Å². The molecule has 2 rings (SSSR count). The second-order valence-corrected chi connectivity index (χ2v) is 4.40. The third-order valence-corrected chi connectivity index (χ3v) is 3.01. The maximum absolute atomic E-state index is 9.00. The summed E-state index contributed by atoms with van der Waals surface area (Å²) in [5.74, 6) is 0.837. The van der Waals surface area contributed by atoms with Gasteiger partial charge in [-0.25, -0.2) is 0 Å². The van der Waals surface area contributed by atoms with Crippen molar-refractivity contribution in [2.24, 2.45) is 0 Å². The lowest BCUT2D eigenvalue weighted by molar-refractivity contribution is 0.306. The van der Waals surface area contributed by atoms with E-state index >= 15 is 0 Å². The van der Waals surface area contributed by atoms with E-state index in [1.54, 1.807) is 12.1 Å². The Kier molecular flexibility index (Phi) is 4.60. The van der Waals surface area contributed by atoms with Crippen molar-refractivity contribution in [3.05, 3.63) is 59.7 Å². The minimum Gasteiger partial charge on any atom is -0.489 e. The Hall–Kier alpha value is -1.78. The number of hydrogen-bond donors (Lipinski definition) is 2. The molecule has 0 aliphatic carbocycles. The highest BCUT2D eigenvalue weighted by atomic mass is 16.5. The van der Waals surface area contributed by atoms with Gasteiger partial charge in [0.1, 0.15) is 12.4 Å². The van der Waals surface area contributed by atoms with Crippen molar-refractivity contribution in [3.63, 3.8) is 0 Å². The molecule has 0 atom stereocenters. The molecule has 0 fully saturated rings. The van der Waals surface area contributed by atoms with Gasteiger partial charge in [0, 0.05) is 0 Å². The first-order chi connectivity index (χ1) is 9.19. The topological polar surface area (TPSA) is 49.7 Å². The molecule has 0 radical (unpaired) electrons. The van der Waals surface area contributed by atoms with E-state index in [2.05, 4.69) is 19.1 Å². The fourth-order valence-corrected chi connectivity index (χ4v) is 1.77. The van der Waals surface area contributed by atoms with Crippen LogP contribution in [0.15, 0.2) is 48.5 Å². The van der Waals surface area contributed by atoms with Gasteiger partial charge in [0.25, 0.3) is 0 Å². The fraction of sp³-hybridized carbons (Fsp3) is 0.200. The minimum atomic E-state index is -1.42. The molecule has 2 aromatic rings. The molecule has 0 aromatic heterocycles. The van der Waals surface area contributed by atoms with E-state index in [-0.39, 0.29) is 0 Å². The van der Waals surface area contributed by atoms with Crippen molar-refractivity contribution in [1.82, 2.24) is 0 Å². The summed E-state index contributed by atoms with van der Waals surface area (Å²) in [6.07, 6.45) is 1.02. The molecule has 4 heteroatoms. The van der Waals surface area contributed by atoms with Gasteiger partial charge in [-0.05, 0) is 35.1 Å². The Morgan fingerprint density at radius 1 is 0.895 bits per heavy atom. The Balaban J connectivity index is 1.94. The number of rotatable bonds is 5. The molecule has 3 nitrogen and oxygen atoms in total. The van der Waals surface area contributed by atoms with Gasteiger partial charge in [-0.15, -0.1) is 0 Å². The van der Waals surface area contributed by atoms with E-state index in [9.17, 15) is 0 Å². The number of aryl methyl sites for hydroxylation is 1. The molecular weight excluding hydrogens is 239 g/mol. The van der Waals surface area contributed by atoms with Gasteiger partial charge in [0.05, 0.1) is 0 Å². The zero-order valence-corrected chi connectivity index (χ0v) is 10.9. The average molecular weight is 256 g/mol. The first-order valence-electron chi connectivity index (χ1n) is 6.35. The van der Waals surface area contributed by atoms with Crippen molar-refractivity contribution < 1.29 is 14.8 Å². The fourth-order valence-electron chi connectivity index (χ4n) is 1.77. The number of ether oxygens (including phenoxy) is 1. The lowest BCUT2D eigenvalue weighted by Gasteiger charge is -2.07. The van der Waals surface area contributed by atoms with Crippen LogP contribution in [-0.2, 0) is 13.0 Å². The van der Waals surface area contributed by atoms with Crippen LogP contribution in [0.5, 0.6) is 5.75 Å². The predicted molar refractivity (Wildman–Crippen MR) is 76.4 cm³/mol. The second kappa shape index (κ2) is 6.41. The molecule has 0 spiro atoms. The molecule has 0 aliphatic rings. The van der Waals surface area contributed by atoms with Gasteiger partial charge >= 0.3 is 7.12 Å². The third kappa shape index (κ3) is 3.84. The van der Waals surface area contributed by atoms with Crippen molar-refractivity contribution >= 4 is 12.6 Å². The first kappa shape index (κ1) is 13.7. The SMILES string of the molecule is CCc1ccc(OCc2ccc(B(O)O)cc2)cc1. The van der Waals surface area contributed by atoms with Crippen LogP contribution < -0.4 is 10.2 Å². The van der Waals surface area contributed by atoms with Crippen molar-refractivity contribution in [3.8, 4) is 5.75 Å². The lowest BCUT2D eigenvalue weighted by Crippen LogP contribution is -2.29. The smallest absolute Gasteiger partial charge is 0.488 e. The lowest BCUT2D eigenvalue weighted by atomic mass is 9.80. The maximum atomic E-state index is 9.00. The molecule has 2 N–H and O–H groups in total. The molecule has 0 saturated heterocycles. The van der Waals surface area contributed by atoms with Crippen LogP contribution in [0.1, 0.15) is 18.1 Å². The first-order valence-corrected chi connectivity index (χ1v) is 6.35. The van der Waals surface area contributed by atoms with E-state index in [1.807, 2.05) is 24.3 Å². The average Bonchev–Trinajstić information content (AvgIpc) is 2.46. The molecule has 0 amide bonds. The van der Waals surface area contributed by atoms with Crippen LogP contribution in [0.3, 0.4) is 0 Å². The second-order valence-electron chi connectivity index (χ2n) is 4.40. The summed E-state index contributed by atoms with van der Waals surface area (Å²) < 4.78 is 5.67. The maximum Gasteiger partial charge on any atom is 0.488 e. The molecule has 0 unspecified atom stereocenters. The summed E-state index contributed by atoms with van der Waals surface area (Å²) in [4.78, 5) is 0. The zero-order chi connectivity index (χ0) is 13.7. The van der Waals surface area contributed by atoms with E-state index in [1.165, 1.54) is 5.56 Å². The molecular formula is C15H17BO3. The van der Waals surface area contributed by atoms with Crippen LogP contribution in [0, 0.1) is 0 Å². The Labute approximate surface area is 113 Å². The van der Waals surface area contributed by atoms with Gasteiger partial charge in [0.15, 0.2) is 0 Å². The highest BCUT2D eigenvalue weighted by Crippen LogP contribution is 2.14. The summed E-state index contributed by atoms with van der Waals surface area (Å²) in [5, 5.41) is 18.0. The predicted octanol–water partition coefficient (Wildman–Crippen LogP) is 1.51. The molecule has 0 heterocycles. The highest BCUT2D eigenvalue weighted by Gasteiger charge is 2.09. The van der Waals surface area contributed by atoms with Crippen LogP contribution in [0.4, 0.5) is 0 Å². The quantitative estimate of drug-likeness (QED) is 0.797. The van der Waals surface area contributed by atoms with Gasteiger partial charge in [0.2, 0.25) is 0 Å². The summed E-state index contributed by atoms with van der Waals surface area (Å²) in [5.41, 5.74) is 2.76. The summed E-state index contributed by atoms with van der Waals surface area (Å²) in [6.45, 7) is 2.58. The van der Waals surface area contributed by atoms with Crippen LogP contribution in [0.2, 0.25) is 0 Å². The monoisotopic (exact) mass is 256 g/mol. The number of benzene rings is 2. The standard InChI is InChI=1S/C15H17BO3/c1-2-12-5-9-15(10-6-12)19-11-13-3-7-14(8-4-13)16(17)18/h3-10,17-18H,2,11H2,1H3. The van der Waals surface area contributed by atoms with E-state index in [0.29, 0.717) is 12.1 Å². The Bertz CT molecular complexity index is 506. The van der Waals surface area contributed by atoms with Crippen LogP contribution in [-0.4, -0.2) is 17.2 Å². The van der Waals surface area contributed by atoms with Crippen LogP contribution in [0.25, 0.3) is 0 Å². The molecule has 98 valence electrons. The van der Waals surface area contributed by atoms with Crippen molar-refractivity contribution in [1.29, 1.82) is 0 Å². The molecule has 0 saturated carbocycles. The number of hydrogen-bond acceptors (Lipinski definition) is 3. The Morgan fingerprint density at radius 3 is 2.00 bits per heavy atom. The molecule has 0 bridgehead atoms. The highest BCUT2D eigenvalue weighted by molar-refractivity contribution is 6.58. The van der Waals surface area contributed by atoms with Crippen molar-refractivity contribution in [2.45, 2.75) is 20.0 Å². The van der Waals surface area contributed by atoms with E-state index in [0.717, 1.165) is 17.7 Å². The molecule has 2 aromatic carbocycles.